The molecule has 0 fully saturated rings. The Hall–Kier alpha value is -2.76. The average Bonchev–Trinajstić information content (AvgIpc) is 2.52. The highest BCUT2D eigenvalue weighted by Gasteiger charge is 2.09. The molecule has 6 heteroatoms. The van der Waals surface area contributed by atoms with E-state index in [1.54, 1.807) is 0 Å². The van der Waals surface area contributed by atoms with Crippen LogP contribution in [0.25, 0.3) is 0 Å². The third-order valence-electron chi connectivity index (χ3n) is 3.08. The number of benzene rings is 2. The van der Waals surface area contributed by atoms with Crippen molar-refractivity contribution in [2.75, 3.05) is 11.9 Å². The van der Waals surface area contributed by atoms with Crippen LogP contribution in [0.15, 0.2) is 48.5 Å². The van der Waals surface area contributed by atoms with Crippen molar-refractivity contribution in [2.45, 2.75) is 12.8 Å². The first-order valence-corrected chi connectivity index (χ1v) is 7.10. The summed E-state index contributed by atoms with van der Waals surface area (Å²) in [4.78, 5) is 23.4. The number of rotatable bonds is 6. The van der Waals surface area contributed by atoms with E-state index < -0.39 is 17.5 Å². The lowest BCUT2D eigenvalue weighted by atomic mass is 10.1. The van der Waals surface area contributed by atoms with Gasteiger partial charge in [-0.25, -0.2) is 8.78 Å². The third kappa shape index (κ3) is 5.50. The Labute approximate surface area is 132 Å². The molecule has 2 rings (SSSR count). The maximum Gasteiger partial charge on any atom is 0.226 e. The minimum Gasteiger partial charge on any atom is -0.355 e. The van der Waals surface area contributed by atoms with Crippen LogP contribution in [-0.4, -0.2) is 18.4 Å². The van der Waals surface area contributed by atoms with E-state index in [-0.39, 0.29) is 31.0 Å². The van der Waals surface area contributed by atoms with Crippen molar-refractivity contribution < 1.29 is 18.4 Å². The standard InChI is InChI=1S/C17H16F2N2O2/c18-13-6-7-14(19)15(11-13)21-16(22)8-9-20-17(23)10-12-4-2-1-3-5-12/h1-7,11H,8-10H2,(H,20,23)(H,21,22). The number of carbonyl (C=O) groups excluding carboxylic acids is 2. The lowest BCUT2D eigenvalue weighted by Gasteiger charge is -2.08. The molecule has 0 radical (unpaired) electrons. The van der Waals surface area contributed by atoms with E-state index in [1.165, 1.54) is 0 Å². The van der Waals surface area contributed by atoms with Crippen molar-refractivity contribution >= 4 is 17.5 Å². The summed E-state index contributed by atoms with van der Waals surface area (Å²) in [5.41, 5.74) is 0.655. The first-order valence-electron chi connectivity index (χ1n) is 7.10. The minimum absolute atomic E-state index is 0.0313. The lowest BCUT2D eigenvalue weighted by molar-refractivity contribution is -0.120. The largest absolute Gasteiger partial charge is 0.355 e. The molecule has 0 aliphatic heterocycles. The number of carbonyl (C=O) groups is 2. The van der Waals surface area contributed by atoms with Crippen molar-refractivity contribution in [1.29, 1.82) is 0 Å². The van der Waals surface area contributed by atoms with E-state index in [0.717, 1.165) is 23.8 Å². The van der Waals surface area contributed by atoms with Gasteiger partial charge in [0.2, 0.25) is 11.8 Å². The molecule has 0 aromatic heterocycles. The predicted octanol–water partition coefficient (Wildman–Crippen LogP) is 2.65. The quantitative estimate of drug-likeness (QED) is 0.860. The molecule has 2 amide bonds. The van der Waals surface area contributed by atoms with Crippen LogP contribution in [-0.2, 0) is 16.0 Å². The molecular weight excluding hydrogens is 302 g/mol. The summed E-state index contributed by atoms with van der Waals surface area (Å²) >= 11 is 0. The van der Waals surface area contributed by atoms with E-state index >= 15 is 0 Å². The second-order valence-electron chi connectivity index (χ2n) is 4.93. The fourth-order valence-corrected chi connectivity index (χ4v) is 1.97. The summed E-state index contributed by atoms with van der Waals surface area (Å²) in [7, 11) is 0. The van der Waals surface area contributed by atoms with Crippen LogP contribution in [0, 0.1) is 11.6 Å². The number of hydrogen-bond acceptors (Lipinski definition) is 2. The van der Waals surface area contributed by atoms with Crippen LogP contribution < -0.4 is 10.6 Å². The van der Waals surface area contributed by atoms with Crippen molar-refractivity contribution in [1.82, 2.24) is 5.32 Å². The first kappa shape index (κ1) is 16.6. The highest BCUT2D eigenvalue weighted by Crippen LogP contribution is 2.15. The van der Waals surface area contributed by atoms with E-state index in [9.17, 15) is 18.4 Å². The molecule has 0 atom stereocenters. The zero-order valence-corrected chi connectivity index (χ0v) is 12.3. The molecule has 23 heavy (non-hydrogen) atoms. The molecule has 2 aromatic carbocycles. The molecule has 0 unspecified atom stereocenters. The minimum atomic E-state index is -0.715. The van der Waals surface area contributed by atoms with Crippen molar-refractivity contribution in [2.24, 2.45) is 0 Å². The zero-order valence-electron chi connectivity index (χ0n) is 12.3. The van der Waals surface area contributed by atoms with Gasteiger partial charge in [0.1, 0.15) is 11.6 Å². The van der Waals surface area contributed by atoms with Gasteiger partial charge in [0, 0.05) is 19.0 Å². The lowest BCUT2D eigenvalue weighted by Crippen LogP contribution is -2.29. The number of hydrogen-bond donors (Lipinski definition) is 2. The average molecular weight is 318 g/mol. The molecule has 0 spiro atoms. The molecule has 0 aliphatic rings. The van der Waals surface area contributed by atoms with Gasteiger partial charge in [-0.05, 0) is 17.7 Å². The number of amides is 2. The monoisotopic (exact) mass is 318 g/mol. The van der Waals surface area contributed by atoms with Crippen LogP contribution in [0.2, 0.25) is 0 Å². The maximum atomic E-state index is 13.4. The summed E-state index contributed by atoms with van der Waals surface area (Å²) in [6.45, 7) is 0.119. The third-order valence-corrected chi connectivity index (χ3v) is 3.08. The molecule has 120 valence electrons. The highest BCUT2D eigenvalue weighted by molar-refractivity contribution is 5.91. The summed E-state index contributed by atoms with van der Waals surface area (Å²) < 4.78 is 26.4. The number of halogens is 2. The SMILES string of the molecule is O=C(Cc1ccccc1)NCCC(=O)Nc1cc(F)ccc1F. The van der Waals surface area contributed by atoms with Gasteiger partial charge in [-0.1, -0.05) is 30.3 Å². The molecule has 0 aliphatic carbocycles. The summed E-state index contributed by atoms with van der Waals surface area (Å²) in [6.07, 6.45) is 0.192. The van der Waals surface area contributed by atoms with Crippen LogP contribution >= 0.6 is 0 Å². The van der Waals surface area contributed by atoms with Crippen LogP contribution in [0.3, 0.4) is 0 Å². The molecule has 0 saturated heterocycles. The van der Waals surface area contributed by atoms with Crippen molar-refractivity contribution in [3.05, 3.63) is 65.7 Å². The molecule has 2 aromatic rings. The number of nitrogens with one attached hydrogen (secondary N) is 2. The van der Waals surface area contributed by atoms with E-state index in [0.29, 0.717) is 0 Å². The molecule has 0 saturated carbocycles. The van der Waals surface area contributed by atoms with Gasteiger partial charge in [0.15, 0.2) is 0 Å². The van der Waals surface area contributed by atoms with E-state index in [4.69, 9.17) is 0 Å². The second kappa shape index (κ2) is 8.03. The Kier molecular flexibility index (Phi) is 5.80. The smallest absolute Gasteiger partial charge is 0.226 e. The van der Waals surface area contributed by atoms with E-state index in [1.807, 2.05) is 30.3 Å². The van der Waals surface area contributed by atoms with Gasteiger partial charge in [0.05, 0.1) is 12.1 Å². The topological polar surface area (TPSA) is 58.2 Å². The normalized spacial score (nSPS) is 10.2. The molecule has 2 N–H and O–H groups in total. The Balaban J connectivity index is 1.74. The Morgan fingerprint density at radius 3 is 2.43 bits per heavy atom. The van der Waals surface area contributed by atoms with Gasteiger partial charge in [-0.2, -0.15) is 0 Å². The van der Waals surface area contributed by atoms with Crippen LogP contribution in [0.5, 0.6) is 0 Å². The van der Waals surface area contributed by atoms with Crippen molar-refractivity contribution in [3.63, 3.8) is 0 Å². The summed E-state index contributed by atoms with van der Waals surface area (Å²) in [5.74, 6) is -2.07. The molecular formula is C17H16F2N2O2. The molecule has 0 heterocycles. The Bertz CT molecular complexity index is 690. The van der Waals surface area contributed by atoms with Crippen LogP contribution in [0.4, 0.5) is 14.5 Å². The van der Waals surface area contributed by atoms with Gasteiger partial charge in [0.25, 0.3) is 0 Å². The molecule has 4 nitrogen and oxygen atoms in total. The van der Waals surface area contributed by atoms with E-state index in [2.05, 4.69) is 10.6 Å². The van der Waals surface area contributed by atoms with Crippen LogP contribution in [0.1, 0.15) is 12.0 Å². The van der Waals surface area contributed by atoms with Gasteiger partial charge >= 0.3 is 0 Å². The van der Waals surface area contributed by atoms with Gasteiger partial charge in [-0.15, -0.1) is 0 Å². The predicted molar refractivity (Wildman–Crippen MR) is 82.8 cm³/mol. The van der Waals surface area contributed by atoms with Gasteiger partial charge < -0.3 is 10.6 Å². The molecule has 0 bridgehead atoms. The summed E-state index contributed by atoms with van der Waals surface area (Å²) in [5, 5.41) is 4.88. The Morgan fingerprint density at radius 2 is 1.70 bits per heavy atom. The zero-order chi connectivity index (χ0) is 16.7. The highest BCUT2D eigenvalue weighted by atomic mass is 19.1. The van der Waals surface area contributed by atoms with Crippen molar-refractivity contribution in [3.8, 4) is 0 Å². The Morgan fingerprint density at radius 1 is 0.957 bits per heavy atom. The number of anilines is 1. The fourth-order valence-electron chi connectivity index (χ4n) is 1.97. The fraction of sp³-hybridized carbons (Fsp3) is 0.176. The second-order valence-corrected chi connectivity index (χ2v) is 4.93. The maximum absolute atomic E-state index is 13.4. The van der Waals surface area contributed by atoms with Gasteiger partial charge in [-0.3, -0.25) is 9.59 Å². The summed E-state index contributed by atoms with van der Waals surface area (Å²) in [6, 6.07) is 12.0. The first-order chi connectivity index (χ1) is 11.0.